The van der Waals surface area contributed by atoms with Gasteiger partial charge in [0.1, 0.15) is 0 Å². The molecule has 158 valence electrons. The van der Waals surface area contributed by atoms with Gasteiger partial charge < -0.3 is 10.2 Å². The van der Waals surface area contributed by atoms with Crippen LogP contribution < -0.4 is 5.32 Å². The van der Waals surface area contributed by atoms with Gasteiger partial charge in [0, 0.05) is 32.3 Å². The second-order valence-electron chi connectivity index (χ2n) is 7.53. The topological polar surface area (TPSA) is 52.7 Å². The molecule has 0 spiro atoms. The van der Waals surface area contributed by atoms with Gasteiger partial charge in [0.25, 0.3) is 0 Å². The number of carbonyl (C=O) groups excluding carboxylic acids is 2. The predicted octanol–water partition coefficient (Wildman–Crippen LogP) is 4.29. The molecule has 5 nitrogen and oxygen atoms in total. The summed E-state index contributed by atoms with van der Waals surface area (Å²) in [5, 5.41) is 5.64. The van der Waals surface area contributed by atoms with Crippen LogP contribution in [0.2, 0.25) is 5.02 Å². The second-order valence-corrected chi connectivity index (χ2v) is 7.94. The van der Waals surface area contributed by atoms with Gasteiger partial charge in [-0.1, -0.05) is 66.2 Å². The monoisotopic (exact) mass is 433 g/mol. The molecule has 3 aromatic carbocycles. The Morgan fingerprint density at radius 1 is 0.903 bits per heavy atom. The van der Waals surface area contributed by atoms with Crippen molar-refractivity contribution in [1.29, 1.82) is 0 Å². The third-order valence-electron chi connectivity index (χ3n) is 5.43. The first-order valence-corrected chi connectivity index (χ1v) is 10.7. The summed E-state index contributed by atoms with van der Waals surface area (Å²) >= 11 is 6.09. The molecule has 6 heteroatoms. The fourth-order valence-electron chi connectivity index (χ4n) is 3.74. The number of para-hydroxylation sites is 1. The molecule has 0 atom stereocenters. The molecule has 1 aliphatic heterocycles. The highest BCUT2D eigenvalue weighted by Crippen LogP contribution is 2.21. The Balaban J connectivity index is 1.29. The van der Waals surface area contributed by atoms with E-state index in [2.05, 4.69) is 23.5 Å². The summed E-state index contributed by atoms with van der Waals surface area (Å²) < 4.78 is 0. The van der Waals surface area contributed by atoms with Crippen molar-refractivity contribution in [2.75, 3.05) is 38.0 Å². The molecule has 0 radical (unpaired) electrons. The summed E-state index contributed by atoms with van der Waals surface area (Å²) in [6.07, 6.45) is 3.52. The Morgan fingerprint density at radius 2 is 1.61 bits per heavy atom. The third kappa shape index (κ3) is 5.32. The number of halogens is 1. The average molecular weight is 434 g/mol. The molecule has 0 aromatic heterocycles. The molecule has 0 unspecified atom stereocenters. The van der Waals surface area contributed by atoms with Gasteiger partial charge >= 0.3 is 0 Å². The molecule has 1 saturated heterocycles. The van der Waals surface area contributed by atoms with E-state index in [0.29, 0.717) is 36.9 Å². The van der Waals surface area contributed by atoms with Crippen LogP contribution in [0.25, 0.3) is 16.8 Å². The van der Waals surface area contributed by atoms with Crippen molar-refractivity contribution in [3.8, 4) is 0 Å². The number of benzene rings is 3. The summed E-state index contributed by atoms with van der Waals surface area (Å²) in [7, 11) is 0. The van der Waals surface area contributed by atoms with E-state index in [1.54, 1.807) is 18.2 Å². The number of hydrogen-bond acceptors (Lipinski definition) is 3. The lowest BCUT2D eigenvalue weighted by Crippen LogP contribution is -2.50. The number of rotatable bonds is 5. The molecular weight excluding hydrogens is 410 g/mol. The van der Waals surface area contributed by atoms with Gasteiger partial charge in [0.15, 0.2) is 0 Å². The highest BCUT2D eigenvalue weighted by molar-refractivity contribution is 6.33. The van der Waals surface area contributed by atoms with Crippen LogP contribution in [0.3, 0.4) is 0 Å². The van der Waals surface area contributed by atoms with Gasteiger partial charge in [-0.05, 0) is 34.5 Å². The number of hydrogen-bond donors (Lipinski definition) is 1. The standard InChI is InChI=1S/C25H24ClN3O2/c26-22-10-3-4-11-23(22)27-24(30)18-28-14-16-29(17-15-28)25(31)13-12-20-8-5-7-19-6-1-2-9-21(19)20/h1-13H,14-18H2,(H,27,30)/b13-12+. The van der Waals surface area contributed by atoms with Crippen molar-refractivity contribution in [3.05, 3.63) is 83.4 Å². The Kier molecular flexibility index (Phi) is 6.65. The lowest BCUT2D eigenvalue weighted by molar-refractivity contribution is -0.127. The number of nitrogens with zero attached hydrogens (tertiary/aromatic N) is 2. The Hall–Kier alpha value is -3.15. The average Bonchev–Trinajstić information content (AvgIpc) is 2.79. The molecule has 0 saturated carbocycles. The van der Waals surface area contributed by atoms with Crippen molar-refractivity contribution in [3.63, 3.8) is 0 Å². The zero-order valence-electron chi connectivity index (χ0n) is 17.1. The molecular formula is C25H24ClN3O2. The number of anilines is 1. The maximum Gasteiger partial charge on any atom is 0.246 e. The highest BCUT2D eigenvalue weighted by Gasteiger charge is 2.21. The number of nitrogens with one attached hydrogen (secondary N) is 1. The molecule has 31 heavy (non-hydrogen) atoms. The Morgan fingerprint density at radius 3 is 2.42 bits per heavy atom. The Bertz CT molecular complexity index is 1120. The quantitative estimate of drug-likeness (QED) is 0.611. The van der Waals surface area contributed by atoms with E-state index in [0.717, 1.165) is 16.3 Å². The number of amides is 2. The highest BCUT2D eigenvalue weighted by atomic mass is 35.5. The van der Waals surface area contributed by atoms with E-state index in [4.69, 9.17) is 11.6 Å². The van der Waals surface area contributed by atoms with Crippen LogP contribution in [0.15, 0.2) is 72.8 Å². The van der Waals surface area contributed by atoms with E-state index in [-0.39, 0.29) is 18.4 Å². The van der Waals surface area contributed by atoms with Crippen molar-refractivity contribution in [2.45, 2.75) is 0 Å². The normalized spacial score (nSPS) is 14.8. The van der Waals surface area contributed by atoms with E-state index in [1.165, 1.54) is 0 Å². The summed E-state index contributed by atoms with van der Waals surface area (Å²) in [5.74, 6) is -0.114. The summed E-state index contributed by atoms with van der Waals surface area (Å²) in [6.45, 7) is 2.78. The van der Waals surface area contributed by atoms with Crippen LogP contribution in [-0.4, -0.2) is 54.3 Å². The largest absolute Gasteiger partial charge is 0.337 e. The Labute approximate surface area is 186 Å². The second kappa shape index (κ2) is 9.77. The van der Waals surface area contributed by atoms with E-state index in [1.807, 2.05) is 52.3 Å². The number of fused-ring (bicyclic) bond motifs is 1. The summed E-state index contributed by atoms with van der Waals surface area (Å²) in [6, 6.07) is 21.4. The van der Waals surface area contributed by atoms with E-state index >= 15 is 0 Å². The minimum absolute atomic E-state index is 0.00639. The molecule has 1 aliphatic rings. The van der Waals surface area contributed by atoms with Gasteiger partial charge in [0.2, 0.25) is 11.8 Å². The molecule has 0 aliphatic carbocycles. The van der Waals surface area contributed by atoms with Crippen LogP contribution in [-0.2, 0) is 9.59 Å². The molecule has 1 N–H and O–H groups in total. The minimum atomic E-state index is -0.108. The molecule has 2 amide bonds. The zero-order chi connectivity index (χ0) is 21.6. The maximum atomic E-state index is 12.6. The fraction of sp³-hybridized carbons (Fsp3) is 0.200. The SMILES string of the molecule is O=C(CN1CCN(C(=O)/C=C/c2cccc3ccccc23)CC1)Nc1ccccc1Cl. The lowest BCUT2D eigenvalue weighted by Gasteiger charge is -2.33. The van der Waals surface area contributed by atoms with Gasteiger partial charge in [0.05, 0.1) is 17.3 Å². The molecule has 0 bridgehead atoms. The lowest BCUT2D eigenvalue weighted by atomic mass is 10.0. The van der Waals surface area contributed by atoms with Crippen LogP contribution in [0.4, 0.5) is 5.69 Å². The van der Waals surface area contributed by atoms with Gasteiger partial charge in [-0.3, -0.25) is 14.5 Å². The van der Waals surface area contributed by atoms with Crippen LogP contribution in [0.5, 0.6) is 0 Å². The van der Waals surface area contributed by atoms with Crippen molar-refractivity contribution in [1.82, 2.24) is 9.80 Å². The third-order valence-corrected chi connectivity index (χ3v) is 5.76. The summed E-state index contributed by atoms with van der Waals surface area (Å²) in [4.78, 5) is 28.8. The van der Waals surface area contributed by atoms with Crippen molar-refractivity contribution < 1.29 is 9.59 Å². The molecule has 1 heterocycles. The number of carbonyl (C=O) groups is 2. The van der Waals surface area contributed by atoms with E-state index < -0.39 is 0 Å². The molecule has 3 aromatic rings. The molecule has 1 fully saturated rings. The molecule has 4 rings (SSSR count). The van der Waals surface area contributed by atoms with E-state index in [9.17, 15) is 9.59 Å². The fourth-order valence-corrected chi connectivity index (χ4v) is 3.93. The van der Waals surface area contributed by atoms with Crippen LogP contribution in [0, 0.1) is 0 Å². The first-order valence-electron chi connectivity index (χ1n) is 10.3. The summed E-state index contributed by atoms with van der Waals surface area (Å²) in [5.41, 5.74) is 1.64. The first kappa shape index (κ1) is 21.1. The van der Waals surface area contributed by atoms with Gasteiger partial charge in [-0.2, -0.15) is 0 Å². The first-order chi connectivity index (χ1) is 15.1. The van der Waals surface area contributed by atoms with Crippen molar-refractivity contribution in [2.24, 2.45) is 0 Å². The zero-order valence-corrected chi connectivity index (χ0v) is 17.9. The minimum Gasteiger partial charge on any atom is -0.337 e. The van der Waals surface area contributed by atoms with Gasteiger partial charge in [-0.15, -0.1) is 0 Å². The smallest absolute Gasteiger partial charge is 0.246 e. The number of piperazine rings is 1. The maximum absolute atomic E-state index is 12.6. The van der Waals surface area contributed by atoms with Crippen LogP contribution >= 0.6 is 11.6 Å². The van der Waals surface area contributed by atoms with Gasteiger partial charge in [-0.25, -0.2) is 0 Å². The van der Waals surface area contributed by atoms with Crippen molar-refractivity contribution >= 4 is 46.0 Å². The van der Waals surface area contributed by atoms with Crippen LogP contribution in [0.1, 0.15) is 5.56 Å². The predicted molar refractivity (Wildman–Crippen MR) is 126 cm³/mol.